The summed E-state index contributed by atoms with van der Waals surface area (Å²) in [6, 6.07) is 19.9. The van der Waals surface area contributed by atoms with Gasteiger partial charge in [-0.1, -0.05) is 30.3 Å². The van der Waals surface area contributed by atoms with Crippen LogP contribution in [0.3, 0.4) is 0 Å². The van der Waals surface area contributed by atoms with Gasteiger partial charge in [-0.05, 0) is 48.2 Å². The number of nitrogens with zero attached hydrogens (tertiary/aromatic N) is 1. The fourth-order valence-electron chi connectivity index (χ4n) is 2.70. The standard InChI is InChI=1S/C22H16N2O4S/c1-27-21(26)15-9-7-14(8-10-15)18-12-11-17(28-18)13-19-20(25)24-22(29-19)23-16-5-3-2-4-6-16/h2-13H,1H3,(H,23,24,25)/b19-13+. The van der Waals surface area contributed by atoms with Crippen LogP contribution in [-0.2, 0) is 9.53 Å². The van der Waals surface area contributed by atoms with Crippen LogP contribution in [0.15, 0.2) is 81.0 Å². The molecule has 3 aromatic rings. The summed E-state index contributed by atoms with van der Waals surface area (Å²) in [6.07, 6.45) is 1.68. The molecule has 29 heavy (non-hydrogen) atoms. The molecule has 2 aromatic carbocycles. The molecule has 1 fully saturated rings. The number of amidine groups is 1. The van der Waals surface area contributed by atoms with Crippen molar-refractivity contribution in [2.45, 2.75) is 0 Å². The number of ether oxygens (including phenoxy) is 1. The lowest BCUT2D eigenvalue weighted by molar-refractivity contribution is -0.115. The van der Waals surface area contributed by atoms with Crippen LogP contribution in [0.5, 0.6) is 0 Å². The zero-order valence-electron chi connectivity index (χ0n) is 15.4. The second kappa shape index (κ2) is 8.20. The van der Waals surface area contributed by atoms with E-state index in [-0.39, 0.29) is 5.91 Å². The van der Waals surface area contributed by atoms with Crippen LogP contribution < -0.4 is 5.32 Å². The first-order valence-corrected chi connectivity index (χ1v) is 9.57. The summed E-state index contributed by atoms with van der Waals surface area (Å²) in [5.41, 5.74) is 2.05. The van der Waals surface area contributed by atoms with E-state index in [0.717, 1.165) is 11.3 Å². The first-order chi connectivity index (χ1) is 14.1. The lowest BCUT2D eigenvalue weighted by Gasteiger charge is -2.00. The zero-order chi connectivity index (χ0) is 20.2. The molecule has 1 aliphatic rings. The molecule has 1 aliphatic heterocycles. The van der Waals surface area contributed by atoms with Crippen LogP contribution in [0.4, 0.5) is 5.69 Å². The van der Waals surface area contributed by atoms with E-state index in [2.05, 4.69) is 10.3 Å². The number of benzene rings is 2. The van der Waals surface area contributed by atoms with Gasteiger partial charge < -0.3 is 14.5 Å². The number of para-hydroxylation sites is 1. The Balaban J connectivity index is 1.51. The van der Waals surface area contributed by atoms with Crippen molar-refractivity contribution in [2.75, 3.05) is 7.11 Å². The molecule has 1 N–H and O–H groups in total. The van der Waals surface area contributed by atoms with Gasteiger partial charge in [0, 0.05) is 11.6 Å². The number of carbonyl (C=O) groups is 2. The molecule has 0 atom stereocenters. The fraction of sp³-hybridized carbons (Fsp3) is 0.0455. The summed E-state index contributed by atoms with van der Waals surface area (Å²) in [5, 5.41) is 3.28. The van der Waals surface area contributed by atoms with Gasteiger partial charge in [0.25, 0.3) is 5.91 Å². The van der Waals surface area contributed by atoms with Crippen molar-refractivity contribution in [1.29, 1.82) is 0 Å². The summed E-state index contributed by atoms with van der Waals surface area (Å²) >= 11 is 1.26. The van der Waals surface area contributed by atoms with Crippen molar-refractivity contribution >= 4 is 40.6 Å². The van der Waals surface area contributed by atoms with Gasteiger partial charge in [0.15, 0.2) is 5.17 Å². The van der Waals surface area contributed by atoms with E-state index < -0.39 is 5.97 Å². The highest BCUT2D eigenvalue weighted by molar-refractivity contribution is 8.18. The lowest BCUT2D eigenvalue weighted by atomic mass is 10.1. The molecule has 0 saturated carbocycles. The highest BCUT2D eigenvalue weighted by Crippen LogP contribution is 2.30. The van der Waals surface area contributed by atoms with Crippen LogP contribution in [0.1, 0.15) is 16.1 Å². The van der Waals surface area contributed by atoms with Crippen molar-refractivity contribution < 1.29 is 18.7 Å². The molecule has 0 bridgehead atoms. The molecule has 1 amide bonds. The van der Waals surface area contributed by atoms with E-state index in [0.29, 0.717) is 27.2 Å². The summed E-state index contributed by atoms with van der Waals surface area (Å²) in [7, 11) is 1.34. The predicted octanol–water partition coefficient (Wildman–Crippen LogP) is 4.62. The Morgan fingerprint density at radius 1 is 1.07 bits per heavy atom. The first kappa shape index (κ1) is 18.8. The maximum absolute atomic E-state index is 12.2. The van der Waals surface area contributed by atoms with Crippen LogP contribution in [0.25, 0.3) is 17.4 Å². The largest absolute Gasteiger partial charge is 0.465 e. The predicted molar refractivity (Wildman–Crippen MR) is 113 cm³/mol. The van der Waals surface area contributed by atoms with Gasteiger partial charge in [0.2, 0.25) is 0 Å². The zero-order valence-corrected chi connectivity index (χ0v) is 16.2. The maximum Gasteiger partial charge on any atom is 0.337 e. The molecule has 2 heterocycles. The molecule has 0 aliphatic carbocycles. The number of hydrogen-bond donors (Lipinski definition) is 1. The highest BCUT2D eigenvalue weighted by Gasteiger charge is 2.24. The highest BCUT2D eigenvalue weighted by atomic mass is 32.2. The van der Waals surface area contributed by atoms with Crippen molar-refractivity contribution in [1.82, 2.24) is 5.32 Å². The molecule has 0 unspecified atom stereocenters. The van der Waals surface area contributed by atoms with Gasteiger partial charge in [-0.3, -0.25) is 4.79 Å². The average Bonchev–Trinajstić information content (AvgIpc) is 3.35. The maximum atomic E-state index is 12.2. The van der Waals surface area contributed by atoms with E-state index in [1.807, 2.05) is 36.4 Å². The third-order valence-corrected chi connectivity index (χ3v) is 5.04. The van der Waals surface area contributed by atoms with Crippen molar-refractivity contribution in [2.24, 2.45) is 4.99 Å². The number of esters is 1. The van der Waals surface area contributed by atoms with E-state index in [9.17, 15) is 9.59 Å². The minimum absolute atomic E-state index is 0.218. The minimum Gasteiger partial charge on any atom is -0.465 e. The van der Waals surface area contributed by atoms with Crippen LogP contribution in [0, 0.1) is 0 Å². The SMILES string of the molecule is COC(=O)c1ccc(-c2ccc(/C=C3/SC(=Nc4ccccc4)NC3=O)o2)cc1. The van der Waals surface area contributed by atoms with Gasteiger partial charge in [0.05, 0.1) is 23.3 Å². The Morgan fingerprint density at radius 3 is 2.55 bits per heavy atom. The number of amides is 1. The van der Waals surface area contributed by atoms with Gasteiger partial charge in [-0.25, -0.2) is 9.79 Å². The van der Waals surface area contributed by atoms with Gasteiger partial charge in [-0.15, -0.1) is 0 Å². The van der Waals surface area contributed by atoms with Crippen molar-refractivity contribution in [3.8, 4) is 11.3 Å². The Bertz CT molecular complexity index is 1120. The summed E-state index contributed by atoms with van der Waals surface area (Å²) in [6.45, 7) is 0. The third kappa shape index (κ3) is 4.30. The Hall–Kier alpha value is -3.58. The van der Waals surface area contributed by atoms with Gasteiger partial charge >= 0.3 is 5.97 Å². The molecule has 1 aromatic heterocycles. The summed E-state index contributed by atoms with van der Waals surface area (Å²) < 4.78 is 10.5. The van der Waals surface area contributed by atoms with Gasteiger partial charge in [0.1, 0.15) is 11.5 Å². The number of methoxy groups -OCH3 is 1. The second-order valence-corrected chi connectivity index (χ2v) is 7.12. The number of hydrogen-bond acceptors (Lipinski definition) is 6. The van der Waals surface area contributed by atoms with Crippen molar-refractivity contribution in [3.63, 3.8) is 0 Å². The van der Waals surface area contributed by atoms with Crippen LogP contribution in [-0.4, -0.2) is 24.2 Å². The Kier molecular flexibility index (Phi) is 5.31. The molecule has 144 valence electrons. The number of nitrogens with one attached hydrogen (secondary N) is 1. The summed E-state index contributed by atoms with van der Waals surface area (Å²) in [4.78, 5) is 28.7. The number of furan rings is 1. The van der Waals surface area contributed by atoms with Crippen LogP contribution >= 0.6 is 11.8 Å². The van der Waals surface area contributed by atoms with Gasteiger partial charge in [-0.2, -0.15) is 0 Å². The summed E-state index contributed by atoms with van der Waals surface area (Å²) in [5.74, 6) is 0.578. The van der Waals surface area contributed by atoms with E-state index in [4.69, 9.17) is 9.15 Å². The smallest absolute Gasteiger partial charge is 0.337 e. The van der Waals surface area contributed by atoms with Crippen LogP contribution in [0.2, 0.25) is 0 Å². The van der Waals surface area contributed by atoms with E-state index >= 15 is 0 Å². The molecule has 0 radical (unpaired) electrons. The molecule has 7 heteroatoms. The second-order valence-electron chi connectivity index (χ2n) is 6.09. The number of carbonyl (C=O) groups excluding carboxylic acids is 2. The minimum atomic E-state index is -0.390. The van der Waals surface area contributed by atoms with E-state index in [1.165, 1.54) is 18.9 Å². The molecule has 4 rings (SSSR count). The number of thioether (sulfide) groups is 1. The number of rotatable bonds is 4. The molecule has 0 spiro atoms. The monoisotopic (exact) mass is 404 g/mol. The fourth-order valence-corrected chi connectivity index (χ4v) is 3.53. The normalized spacial score (nSPS) is 16.2. The molecular formula is C22H16N2O4S. The lowest BCUT2D eigenvalue weighted by Crippen LogP contribution is -2.19. The third-order valence-electron chi connectivity index (χ3n) is 4.13. The Labute approximate surface area is 171 Å². The van der Waals surface area contributed by atoms with E-state index in [1.54, 1.807) is 36.4 Å². The van der Waals surface area contributed by atoms with Crippen molar-refractivity contribution in [3.05, 3.63) is 83.0 Å². The average molecular weight is 404 g/mol. The number of aliphatic imine (C=N–C) groups is 1. The first-order valence-electron chi connectivity index (χ1n) is 8.75. The molecule has 6 nitrogen and oxygen atoms in total. The topological polar surface area (TPSA) is 80.9 Å². The Morgan fingerprint density at radius 2 is 1.83 bits per heavy atom. The molecular weight excluding hydrogens is 388 g/mol. The molecule has 1 saturated heterocycles. The quantitative estimate of drug-likeness (QED) is 0.507.